The number of nitrogens with zero attached hydrogens (tertiary/aromatic N) is 2. The van der Waals surface area contributed by atoms with Crippen LogP contribution in [-0.2, 0) is 14.2 Å². The van der Waals surface area contributed by atoms with Crippen molar-refractivity contribution in [3.05, 3.63) is 0 Å². The van der Waals surface area contributed by atoms with Gasteiger partial charge in [-0.3, -0.25) is 0 Å². The van der Waals surface area contributed by atoms with E-state index in [4.69, 9.17) is 14.2 Å². The van der Waals surface area contributed by atoms with Gasteiger partial charge in [0.05, 0.1) is 52.6 Å². The third-order valence-corrected chi connectivity index (χ3v) is 7.52. The first-order valence-corrected chi connectivity index (χ1v) is 8.38. The first-order valence-electron chi connectivity index (χ1n) is 6.66. The average Bonchev–Trinajstić information content (AvgIpc) is 3.17. The zero-order chi connectivity index (χ0) is 12.6. The first-order chi connectivity index (χ1) is 8.73. The topological polar surface area (TPSA) is 57.7 Å². The van der Waals surface area contributed by atoms with Gasteiger partial charge in [0.25, 0.3) is 5.85 Å². The van der Waals surface area contributed by atoms with E-state index in [1.54, 1.807) is 0 Å². The summed E-state index contributed by atoms with van der Waals surface area (Å²) in [5, 5.41) is 0. The van der Waals surface area contributed by atoms with Crippen LogP contribution < -0.4 is 0 Å². The van der Waals surface area contributed by atoms with E-state index in [1.807, 2.05) is 6.92 Å². The first kappa shape index (κ1) is 13.2. The lowest BCUT2D eigenvalue weighted by Gasteiger charge is -2.39. The van der Waals surface area contributed by atoms with Gasteiger partial charge in [0.1, 0.15) is 6.10 Å². The van der Waals surface area contributed by atoms with Crippen LogP contribution in [0.25, 0.3) is 0 Å². The van der Waals surface area contributed by atoms with Crippen LogP contribution in [0.4, 0.5) is 0 Å². The van der Waals surface area contributed by atoms with E-state index in [9.17, 15) is 4.89 Å². The van der Waals surface area contributed by atoms with E-state index in [2.05, 4.69) is 9.34 Å². The summed E-state index contributed by atoms with van der Waals surface area (Å²) in [5.74, 6) is -0.00583. The molecule has 104 valence electrons. The number of morpholine rings is 2. The fourth-order valence-corrected chi connectivity index (χ4v) is 6.16. The molecule has 3 heterocycles. The maximum absolute atomic E-state index is 11.3. The summed E-state index contributed by atoms with van der Waals surface area (Å²) >= 11 is 0. The van der Waals surface area contributed by atoms with Gasteiger partial charge in [-0.1, -0.05) is 0 Å². The van der Waals surface area contributed by atoms with E-state index in [-0.39, 0.29) is 11.9 Å². The normalized spacial score (nSPS) is 35.7. The molecule has 0 aromatic heterocycles. The van der Waals surface area contributed by atoms with Gasteiger partial charge in [0.15, 0.2) is 0 Å². The number of ether oxygens (including phenoxy) is 3. The second-order valence-corrected chi connectivity index (χ2v) is 7.85. The molecule has 0 bridgehead atoms. The Morgan fingerprint density at radius 3 is 1.67 bits per heavy atom. The molecule has 3 aliphatic heterocycles. The maximum Gasteiger partial charge on any atom is 0.319 e. The summed E-state index contributed by atoms with van der Waals surface area (Å²) in [6, 6.07) is 0. The van der Waals surface area contributed by atoms with Crippen molar-refractivity contribution in [2.75, 3.05) is 52.6 Å². The Hall–Kier alpha value is 0.190. The molecule has 2 atom stereocenters. The fraction of sp³-hybridized carbons (Fsp3) is 1.00. The number of hydrogen-bond acceptors (Lipinski definition) is 6. The van der Waals surface area contributed by atoms with Crippen molar-refractivity contribution in [2.24, 2.45) is 0 Å². The van der Waals surface area contributed by atoms with Crippen LogP contribution in [0, 0.1) is 0 Å². The van der Waals surface area contributed by atoms with E-state index < -0.39 is 7.79 Å². The van der Waals surface area contributed by atoms with Crippen molar-refractivity contribution in [1.29, 1.82) is 0 Å². The van der Waals surface area contributed by atoms with Gasteiger partial charge < -0.3 is 14.2 Å². The molecule has 18 heavy (non-hydrogen) atoms. The number of epoxide rings is 1. The summed E-state index contributed by atoms with van der Waals surface area (Å²) in [6.45, 7) is 8.05. The van der Waals surface area contributed by atoms with E-state index in [0.717, 1.165) is 26.2 Å². The van der Waals surface area contributed by atoms with Crippen molar-refractivity contribution < 1.29 is 19.1 Å². The van der Waals surface area contributed by atoms with Gasteiger partial charge in [-0.05, 0) is 6.92 Å². The molecule has 0 aromatic rings. The summed E-state index contributed by atoms with van der Waals surface area (Å²) in [7, 11) is -2.35. The predicted octanol–water partition coefficient (Wildman–Crippen LogP) is 0.150. The van der Waals surface area contributed by atoms with Gasteiger partial charge in [-0.2, -0.15) is 0 Å². The van der Waals surface area contributed by atoms with Crippen molar-refractivity contribution in [2.45, 2.75) is 18.9 Å². The zero-order valence-corrected chi connectivity index (χ0v) is 11.7. The lowest BCUT2D eigenvalue weighted by Crippen LogP contribution is -2.47. The number of hydrogen-bond donors (Lipinski definition) is 1. The molecule has 3 fully saturated rings. The average molecular weight is 277 g/mol. The summed E-state index contributed by atoms with van der Waals surface area (Å²) in [6.07, 6.45) is 0.175. The van der Waals surface area contributed by atoms with Gasteiger partial charge in [0.2, 0.25) is 0 Å². The highest BCUT2D eigenvalue weighted by molar-refractivity contribution is 7.66. The Bertz CT molecular complexity index is 277. The summed E-state index contributed by atoms with van der Waals surface area (Å²) in [5.41, 5.74) is 0. The molecule has 6 nitrogen and oxygen atoms in total. The van der Waals surface area contributed by atoms with Crippen LogP contribution in [-0.4, -0.2) is 78.8 Å². The molecule has 7 heteroatoms. The van der Waals surface area contributed by atoms with Crippen LogP contribution in [0.2, 0.25) is 0 Å². The Morgan fingerprint density at radius 2 is 1.33 bits per heavy atom. The minimum absolute atomic E-state index is 0.00583. The zero-order valence-electron chi connectivity index (χ0n) is 10.8. The molecule has 0 spiro atoms. The van der Waals surface area contributed by atoms with Crippen LogP contribution in [0.3, 0.4) is 0 Å². The highest BCUT2D eigenvalue weighted by Crippen LogP contribution is 2.71. The lowest BCUT2D eigenvalue weighted by atomic mass is 10.5. The molecule has 0 radical (unpaired) electrons. The van der Waals surface area contributed by atoms with Crippen LogP contribution in [0.5, 0.6) is 0 Å². The molecule has 1 N–H and O–H groups in total. The van der Waals surface area contributed by atoms with Gasteiger partial charge in [0, 0.05) is 0 Å². The largest absolute Gasteiger partial charge is 0.378 e. The summed E-state index contributed by atoms with van der Waals surface area (Å²) in [4.78, 5) is 11.3. The molecule has 0 aliphatic carbocycles. The van der Waals surface area contributed by atoms with Gasteiger partial charge >= 0.3 is 7.79 Å². The Balaban J connectivity index is 1.77. The molecule has 3 saturated heterocycles. The maximum atomic E-state index is 11.3. The third-order valence-electron chi connectivity index (χ3n) is 3.83. The fourth-order valence-electron chi connectivity index (χ4n) is 2.73. The number of rotatable bonds is 3. The lowest BCUT2D eigenvalue weighted by molar-refractivity contribution is 0.0459. The molecule has 0 aromatic carbocycles. The van der Waals surface area contributed by atoms with Crippen molar-refractivity contribution in [3.8, 4) is 0 Å². The minimum atomic E-state index is -2.35. The van der Waals surface area contributed by atoms with E-state index in [1.165, 1.54) is 0 Å². The molecule has 2 unspecified atom stereocenters. The van der Waals surface area contributed by atoms with Crippen molar-refractivity contribution >= 4 is 7.79 Å². The van der Waals surface area contributed by atoms with E-state index >= 15 is 0 Å². The minimum Gasteiger partial charge on any atom is -0.378 e. The molecule has 3 rings (SSSR count). The second kappa shape index (κ2) is 5.29. The van der Waals surface area contributed by atoms with Gasteiger partial charge in [-0.25, -0.2) is 4.89 Å². The molecule has 3 aliphatic rings. The standard InChI is InChI=1S/C11H22N2O4P/c1-10-11(17-10)18(14,12-2-6-15-7-3-12)13-4-8-16-9-5-13/h10-11,14H,2-9H2,1H3/q+1. The van der Waals surface area contributed by atoms with Crippen LogP contribution >= 0.6 is 7.79 Å². The van der Waals surface area contributed by atoms with Crippen LogP contribution in [0.1, 0.15) is 6.92 Å². The Kier molecular flexibility index (Phi) is 3.87. The highest BCUT2D eigenvalue weighted by atomic mass is 31.2. The van der Waals surface area contributed by atoms with Crippen molar-refractivity contribution in [3.63, 3.8) is 0 Å². The smallest absolute Gasteiger partial charge is 0.319 e. The van der Waals surface area contributed by atoms with Crippen molar-refractivity contribution in [1.82, 2.24) is 9.34 Å². The Labute approximate surface area is 108 Å². The monoisotopic (exact) mass is 277 g/mol. The second-order valence-electron chi connectivity index (χ2n) is 4.98. The predicted molar refractivity (Wildman–Crippen MR) is 68.3 cm³/mol. The summed E-state index contributed by atoms with van der Waals surface area (Å²) < 4.78 is 20.8. The van der Waals surface area contributed by atoms with Gasteiger partial charge in [-0.15, -0.1) is 9.34 Å². The molecule has 0 amide bonds. The third kappa shape index (κ3) is 2.31. The molecular formula is C11H22N2O4P+. The Morgan fingerprint density at radius 1 is 0.944 bits per heavy atom. The molecule has 0 saturated carbocycles. The molecular weight excluding hydrogens is 255 g/mol. The SMILES string of the molecule is CC1OC1[P+](O)(N1CCOCC1)N1CCOCC1. The highest BCUT2D eigenvalue weighted by Gasteiger charge is 2.67. The van der Waals surface area contributed by atoms with E-state index in [0.29, 0.717) is 26.4 Å². The van der Waals surface area contributed by atoms with Crippen LogP contribution in [0.15, 0.2) is 0 Å². The quantitative estimate of drug-likeness (QED) is 0.585.